The van der Waals surface area contributed by atoms with Crippen molar-refractivity contribution in [2.45, 2.75) is 13.0 Å². The second-order valence-corrected chi connectivity index (χ2v) is 7.57. The van der Waals surface area contributed by atoms with E-state index >= 15 is 0 Å². The molecule has 4 aromatic rings. The van der Waals surface area contributed by atoms with Gasteiger partial charge in [0, 0.05) is 32.7 Å². The molecule has 0 amide bonds. The number of nitrogens with zero attached hydrogens (tertiary/aromatic N) is 6. The van der Waals surface area contributed by atoms with Crippen molar-refractivity contribution in [3.05, 3.63) is 78.5 Å². The van der Waals surface area contributed by atoms with Gasteiger partial charge in [-0.3, -0.25) is 4.90 Å². The second kappa shape index (κ2) is 8.20. The fraction of sp³-hybridized carbons (Fsp3) is 0.261. The largest absolute Gasteiger partial charge is 0.355 e. The summed E-state index contributed by atoms with van der Waals surface area (Å²) in [5, 5.41) is 5.53. The smallest absolute Gasteiger partial charge is 0.168 e. The van der Waals surface area contributed by atoms with Crippen LogP contribution in [0.4, 0.5) is 10.2 Å². The van der Waals surface area contributed by atoms with Gasteiger partial charge in [-0.25, -0.2) is 19.0 Å². The predicted molar refractivity (Wildman–Crippen MR) is 115 cm³/mol. The van der Waals surface area contributed by atoms with Crippen LogP contribution in [0.5, 0.6) is 0 Å². The molecule has 0 bridgehead atoms. The van der Waals surface area contributed by atoms with Gasteiger partial charge in [0.2, 0.25) is 0 Å². The first-order chi connectivity index (χ1) is 14.8. The molecule has 0 spiro atoms. The molecule has 0 N–H and O–H groups in total. The van der Waals surface area contributed by atoms with Gasteiger partial charge >= 0.3 is 0 Å². The molecule has 30 heavy (non-hydrogen) atoms. The molecule has 1 fully saturated rings. The van der Waals surface area contributed by atoms with Crippen molar-refractivity contribution in [2.75, 3.05) is 31.1 Å². The van der Waals surface area contributed by atoms with Gasteiger partial charge in [0.25, 0.3) is 0 Å². The van der Waals surface area contributed by atoms with Crippen molar-refractivity contribution in [1.82, 2.24) is 24.6 Å². The van der Waals surface area contributed by atoms with Crippen LogP contribution in [0, 0.1) is 5.82 Å². The monoisotopic (exact) mass is 402 g/mol. The summed E-state index contributed by atoms with van der Waals surface area (Å²) < 4.78 is 15.0. The lowest BCUT2D eigenvalue weighted by atomic mass is 10.2. The van der Waals surface area contributed by atoms with Gasteiger partial charge in [0.15, 0.2) is 5.65 Å². The number of benzene rings is 2. The van der Waals surface area contributed by atoms with Gasteiger partial charge < -0.3 is 4.90 Å². The van der Waals surface area contributed by atoms with Gasteiger partial charge in [0.05, 0.1) is 17.3 Å². The Morgan fingerprint density at radius 2 is 1.70 bits per heavy atom. The Morgan fingerprint density at radius 3 is 2.53 bits per heavy atom. The topological polar surface area (TPSA) is 50.1 Å². The van der Waals surface area contributed by atoms with Crippen molar-refractivity contribution >= 4 is 16.9 Å². The van der Waals surface area contributed by atoms with Crippen LogP contribution in [0.15, 0.2) is 67.1 Å². The molecule has 2 aromatic carbocycles. The Balaban J connectivity index is 1.36. The van der Waals surface area contributed by atoms with E-state index in [0.717, 1.165) is 67.2 Å². The lowest BCUT2D eigenvalue weighted by Gasteiger charge is -2.23. The summed E-state index contributed by atoms with van der Waals surface area (Å²) in [6, 6.07) is 16.8. The van der Waals surface area contributed by atoms with Crippen LogP contribution < -0.4 is 4.90 Å². The van der Waals surface area contributed by atoms with Gasteiger partial charge in [-0.2, -0.15) is 5.10 Å². The maximum atomic E-state index is 13.2. The fourth-order valence-electron chi connectivity index (χ4n) is 4.03. The summed E-state index contributed by atoms with van der Waals surface area (Å²) in [6.45, 7) is 4.58. The van der Waals surface area contributed by atoms with E-state index in [1.807, 2.05) is 53.3 Å². The minimum Gasteiger partial charge on any atom is -0.355 e. The van der Waals surface area contributed by atoms with E-state index in [1.54, 1.807) is 6.33 Å². The summed E-state index contributed by atoms with van der Waals surface area (Å²) in [4.78, 5) is 13.8. The fourth-order valence-corrected chi connectivity index (χ4v) is 4.03. The van der Waals surface area contributed by atoms with Crippen LogP contribution in [0.2, 0.25) is 0 Å². The molecule has 0 saturated carbocycles. The third-order valence-corrected chi connectivity index (χ3v) is 5.55. The van der Waals surface area contributed by atoms with Gasteiger partial charge in [0.1, 0.15) is 18.0 Å². The molecule has 2 aromatic heterocycles. The van der Waals surface area contributed by atoms with Gasteiger partial charge in [-0.05, 0) is 36.2 Å². The molecule has 0 radical (unpaired) electrons. The van der Waals surface area contributed by atoms with E-state index in [1.165, 1.54) is 12.1 Å². The summed E-state index contributed by atoms with van der Waals surface area (Å²) >= 11 is 0. The Hall–Kier alpha value is -3.32. The van der Waals surface area contributed by atoms with Crippen LogP contribution >= 0.6 is 0 Å². The van der Waals surface area contributed by atoms with Crippen LogP contribution in [0.25, 0.3) is 16.7 Å². The molecule has 1 aliphatic heterocycles. The molecule has 0 atom stereocenters. The lowest BCUT2D eigenvalue weighted by molar-refractivity contribution is 0.285. The summed E-state index contributed by atoms with van der Waals surface area (Å²) in [5.41, 5.74) is 2.94. The highest BCUT2D eigenvalue weighted by molar-refractivity contribution is 5.87. The highest BCUT2D eigenvalue weighted by Gasteiger charge is 2.20. The third-order valence-electron chi connectivity index (χ3n) is 5.55. The van der Waals surface area contributed by atoms with Crippen molar-refractivity contribution in [1.29, 1.82) is 0 Å². The number of fused-ring (bicyclic) bond motifs is 1. The van der Waals surface area contributed by atoms with Crippen molar-refractivity contribution < 1.29 is 4.39 Å². The summed E-state index contributed by atoms with van der Waals surface area (Å²) in [7, 11) is 0. The highest BCUT2D eigenvalue weighted by Crippen LogP contribution is 2.25. The van der Waals surface area contributed by atoms with E-state index < -0.39 is 0 Å². The van der Waals surface area contributed by atoms with E-state index in [0.29, 0.717) is 0 Å². The quantitative estimate of drug-likeness (QED) is 0.521. The first-order valence-electron chi connectivity index (χ1n) is 10.2. The minimum absolute atomic E-state index is 0.190. The zero-order valence-corrected chi connectivity index (χ0v) is 16.7. The van der Waals surface area contributed by atoms with Crippen LogP contribution in [0.1, 0.15) is 12.0 Å². The highest BCUT2D eigenvalue weighted by atomic mass is 19.1. The number of para-hydroxylation sites is 1. The molecule has 0 unspecified atom stereocenters. The van der Waals surface area contributed by atoms with Crippen LogP contribution in [0.3, 0.4) is 0 Å². The minimum atomic E-state index is -0.190. The molecule has 6 nitrogen and oxygen atoms in total. The zero-order valence-electron chi connectivity index (χ0n) is 16.7. The standard InChI is InChI=1S/C23H23FN6/c24-19-9-7-18(8-10-19)16-28-11-4-12-29(14-13-28)22-21-15-27-30(23(21)26-17-25-22)20-5-2-1-3-6-20/h1-3,5-10,15,17H,4,11-14,16H2. The van der Waals surface area contributed by atoms with E-state index in [9.17, 15) is 4.39 Å². The number of hydrogen-bond donors (Lipinski definition) is 0. The predicted octanol–water partition coefficient (Wildman–Crippen LogP) is 3.67. The first-order valence-corrected chi connectivity index (χ1v) is 10.2. The normalized spacial score (nSPS) is 15.4. The second-order valence-electron chi connectivity index (χ2n) is 7.57. The first kappa shape index (κ1) is 18.7. The number of rotatable bonds is 4. The molecule has 5 rings (SSSR count). The molecule has 7 heteroatoms. The number of anilines is 1. The lowest BCUT2D eigenvalue weighted by Crippen LogP contribution is -2.31. The number of hydrogen-bond acceptors (Lipinski definition) is 5. The number of aromatic nitrogens is 4. The summed E-state index contributed by atoms with van der Waals surface area (Å²) in [6.07, 6.45) is 4.53. The average Bonchev–Trinajstić information content (AvgIpc) is 3.09. The molecule has 3 heterocycles. The van der Waals surface area contributed by atoms with Crippen molar-refractivity contribution in [2.24, 2.45) is 0 Å². The van der Waals surface area contributed by atoms with Gasteiger partial charge in [-0.15, -0.1) is 0 Å². The molecule has 0 aliphatic carbocycles. The SMILES string of the molecule is Fc1ccc(CN2CCCN(c3ncnc4c3cnn4-c3ccccc3)CC2)cc1. The molecule has 1 aliphatic rings. The molecular formula is C23H23FN6. The Labute approximate surface area is 174 Å². The van der Waals surface area contributed by atoms with Crippen LogP contribution in [-0.2, 0) is 6.54 Å². The maximum Gasteiger partial charge on any atom is 0.168 e. The Bertz CT molecular complexity index is 1130. The third kappa shape index (κ3) is 3.76. The van der Waals surface area contributed by atoms with Crippen molar-refractivity contribution in [3.63, 3.8) is 0 Å². The Morgan fingerprint density at radius 1 is 0.867 bits per heavy atom. The molecule has 1 saturated heterocycles. The van der Waals surface area contributed by atoms with Gasteiger partial charge in [-0.1, -0.05) is 30.3 Å². The molecule has 152 valence electrons. The van der Waals surface area contributed by atoms with E-state index in [-0.39, 0.29) is 5.82 Å². The van der Waals surface area contributed by atoms with E-state index in [2.05, 4.69) is 24.9 Å². The maximum absolute atomic E-state index is 13.2. The summed E-state index contributed by atoms with van der Waals surface area (Å²) in [5.74, 6) is 0.746. The number of halogens is 1. The Kier molecular flexibility index (Phi) is 5.11. The zero-order chi connectivity index (χ0) is 20.3. The average molecular weight is 402 g/mol. The molecular weight excluding hydrogens is 379 g/mol. The van der Waals surface area contributed by atoms with E-state index in [4.69, 9.17) is 0 Å². The van der Waals surface area contributed by atoms with Crippen LogP contribution in [-0.4, -0.2) is 50.8 Å². The van der Waals surface area contributed by atoms with Crippen molar-refractivity contribution in [3.8, 4) is 5.69 Å².